The van der Waals surface area contributed by atoms with Crippen LogP contribution in [0.3, 0.4) is 0 Å². The Labute approximate surface area is 124 Å². The normalized spacial score (nSPS) is 10.3. The van der Waals surface area contributed by atoms with Crippen LogP contribution in [-0.2, 0) is 11.3 Å². The van der Waals surface area contributed by atoms with E-state index >= 15 is 0 Å². The van der Waals surface area contributed by atoms with Crippen LogP contribution >= 0.6 is 15.9 Å². The van der Waals surface area contributed by atoms with E-state index in [1.807, 2.05) is 18.2 Å². The van der Waals surface area contributed by atoms with E-state index in [1.54, 1.807) is 13.2 Å². The van der Waals surface area contributed by atoms with Gasteiger partial charge in [0.15, 0.2) is 0 Å². The molecule has 5 heteroatoms. The summed E-state index contributed by atoms with van der Waals surface area (Å²) in [6.45, 7) is 0.478. The Hall–Kier alpha value is -1.72. The molecule has 0 saturated heterocycles. The minimum atomic E-state index is -0.399. The van der Waals surface area contributed by atoms with E-state index in [1.165, 1.54) is 18.2 Å². The molecule has 0 unspecified atom stereocenters. The predicted octanol–water partition coefficient (Wildman–Crippen LogP) is 3.99. The molecule has 104 valence electrons. The number of methoxy groups -OCH3 is 1. The first-order valence-corrected chi connectivity index (χ1v) is 6.73. The molecule has 0 aromatic heterocycles. The highest BCUT2D eigenvalue weighted by Crippen LogP contribution is 2.18. The monoisotopic (exact) mass is 337 g/mol. The highest BCUT2D eigenvalue weighted by atomic mass is 79.9. The topological polar surface area (TPSA) is 38.3 Å². The number of anilines is 1. The first-order chi connectivity index (χ1) is 9.60. The van der Waals surface area contributed by atoms with Crippen LogP contribution in [0, 0.1) is 5.82 Å². The van der Waals surface area contributed by atoms with Crippen LogP contribution in [0.1, 0.15) is 15.9 Å². The quantitative estimate of drug-likeness (QED) is 0.916. The molecule has 2 aromatic rings. The molecule has 0 fully saturated rings. The van der Waals surface area contributed by atoms with Gasteiger partial charge in [-0.15, -0.1) is 0 Å². The number of carbonyl (C=O) groups excluding carboxylic acids is 1. The minimum absolute atomic E-state index is 0.262. The molecule has 0 saturated carbocycles. The summed E-state index contributed by atoms with van der Waals surface area (Å²) in [6.07, 6.45) is 0. The van der Waals surface area contributed by atoms with Gasteiger partial charge in [0.1, 0.15) is 5.82 Å². The Kier molecular flexibility index (Phi) is 4.87. The largest absolute Gasteiger partial charge is 0.380 e. The number of halogens is 2. The van der Waals surface area contributed by atoms with Crippen LogP contribution in [0.15, 0.2) is 46.9 Å². The van der Waals surface area contributed by atoms with Crippen molar-refractivity contribution in [1.82, 2.24) is 0 Å². The van der Waals surface area contributed by atoms with Crippen molar-refractivity contribution in [1.29, 1.82) is 0 Å². The SMILES string of the molecule is COCc1cccc(NC(=O)c2ccc(F)c(Br)c2)c1. The molecule has 2 aromatic carbocycles. The number of benzene rings is 2. The van der Waals surface area contributed by atoms with E-state index in [2.05, 4.69) is 21.2 Å². The van der Waals surface area contributed by atoms with Gasteiger partial charge in [0.05, 0.1) is 11.1 Å². The Bertz CT molecular complexity index is 631. The Morgan fingerprint density at radius 3 is 2.80 bits per heavy atom. The molecule has 2 rings (SSSR count). The number of hydrogen-bond acceptors (Lipinski definition) is 2. The van der Waals surface area contributed by atoms with Crippen LogP contribution in [0.25, 0.3) is 0 Å². The summed E-state index contributed by atoms with van der Waals surface area (Å²) >= 11 is 3.06. The van der Waals surface area contributed by atoms with E-state index in [9.17, 15) is 9.18 Å². The van der Waals surface area contributed by atoms with Crippen molar-refractivity contribution in [2.24, 2.45) is 0 Å². The third-order valence-corrected chi connectivity index (χ3v) is 3.29. The van der Waals surface area contributed by atoms with Crippen LogP contribution in [0.4, 0.5) is 10.1 Å². The zero-order valence-corrected chi connectivity index (χ0v) is 12.4. The van der Waals surface area contributed by atoms with Crippen LogP contribution in [0.2, 0.25) is 0 Å². The molecule has 3 nitrogen and oxygen atoms in total. The molecule has 1 amide bonds. The maximum Gasteiger partial charge on any atom is 0.255 e. The average Bonchev–Trinajstić information content (AvgIpc) is 2.42. The highest BCUT2D eigenvalue weighted by Gasteiger charge is 2.09. The second kappa shape index (κ2) is 6.63. The Morgan fingerprint density at radius 1 is 1.30 bits per heavy atom. The molecule has 0 atom stereocenters. The average molecular weight is 338 g/mol. The minimum Gasteiger partial charge on any atom is -0.380 e. The number of carbonyl (C=O) groups is 1. The summed E-state index contributed by atoms with van der Waals surface area (Å²) in [7, 11) is 1.61. The highest BCUT2D eigenvalue weighted by molar-refractivity contribution is 9.10. The lowest BCUT2D eigenvalue weighted by Crippen LogP contribution is -2.12. The maximum atomic E-state index is 13.1. The Morgan fingerprint density at radius 2 is 2.10 bits per heavy atom. The molecule has 20 heavy (non-hydrogen) atoms. The van der Waals surface area contributed by atoms with Crippen molar-refractivity contribution in [3.8, 4) is 0 Å². The second-order valence-corrected chi connectivity index (χ2v) is 5.07. The lowest BCUT2D eigenvalue weighted by atomic mass is 10.2. The van der Waals surface area contributed by atoms with E-state index in [0.717, 1.165) is 5.56 Å². The van der Waals surface area contributed by atoms with E-state index in [-0.39, 0.29) is 10.4 Å². The van der Waals surface area contributed by atoms with Crippen molar-refractivity contribution >= 4 is 27.5 Å². The molecular formula is C15H13BrFNO2. The fourth-order valence-electron chi connectivity index (χ4n) is 1.75. The van der Waals surface area contributed by atoms with Crippen molar-refractivity contribution < 1.29 is 13.9 Å². The van der Waals surface area contributed by atoms with Gasteiger partial charge in [-0.2, -0.15) is 0 Å². The molecule has 0 aliphatic carbocycles. The third-order valence-electron chi connectivity index (χ3n) is 2.68. The molecule has 0 aliphatic heterocycles. The van der Waals surface area contributed by atoms with Gasteiger partial charge in [-0.05, 0) is 51.8 Å². The Balaban J connectivity index is 2.14. The summed E-state index contributed by atoms with van der Waals surface area (Å²) in [5.41, 5.74) is 2.02. The summed E-state index contributed by atoms with van der Waals surface area (Å²) in [6, 6.07) is 11.5. The predicted molar refractivity (Wildman–Crippen MR) is 79.2 cm³/mol. The standard InChI is InChI=1S/C15H13BrFNO2/c1-20-9-10-3-2-4-12(7-10)18-15(19)11-5-6-14(17)13(16)8-11/h2-8H,9H2,1H3,(H,18,19). The van der Waals surface area contributed by atoms with Crippen LogP contribution < -0.4 is 5.32 Å². The van der Waals surface area contributed by atoms with Crippen LogP contribution in [0.5, 0.6) is 0 Å². The van der Waals surface area contributed by atoms with Crippen molar-refractivity contribution in [2.75, 3.05) is 12.4 Å². The third kappa shape index (κ3) is 3.65. The smallest absolute Gasteiger partial charge is 0.255 e. The zero-order chi connectivity index (χ0) is 14.5. The fraction of sp³-hybridized carbons (Fsp3) is 0.133. The molecule has 1 N–H and O–H groups in total. The van der Waals surface area contributed by atoms with E-state index in [0.29, 0.717) is 17.9 Å². The van der Waals surface area contributed by atoms with Gasteiger partial charge >= 0.3 is 0 Å². The first kappa shape index (κ1) is 14.7. The zero-order valence-electron chi connectivity index (χ0n) is 10.8. The molecule has 0 radical (unpaired) electrons. The molecule has 0 heterocycles. The molecule has 0 spiro atoms. The first-order valence-electron chi connectivity index (χ1n) is 5.94. The van der Waals surface area contributed by atoms with E-state index in [4.69, 9.17) is 4.74 Å². The number of rotatable bonds is 4. The summed E-state index contributed by atoms with van der Waals surface area (Å²) < 4.78 is 18.4. The summed E-state index contributed by atoms with van der Waals surface area (Å²) in [4.78, 5) is 12.1. The van der Waals surface area contributed by atoms with Gasteiger partial charge < -0.3 is 10.1 Å². The fourth-order valence-corrected chi connectivity index (χ4v) is 2.12. The number of hydrogen-bond donors (Lipinski definition) is 1. The molecule has 0 bridgehead atoms. The summed E-state index contributed by atoms with van der Waals surface area (Å²) in [5.74, 6) is -0.691. The van der Waals surface area contributed by atoms with E-state index < -0.39 is 5.82 Å². The molecular weight excluding hydrogens is 325 g/mol. The maximum absolute atomic E-state index is 13.1. The van der Waals surface area contributed by atoms with Crippen molar-refractivity contribution in [2.45, 2.75) is 6.61 Å². The van der Waals surface area contributed by atoms with Crippen LogP contribution in [-0.4, -0.2) is 13.0 Å². The number of ether oxygens (including phenoxy) is 1. The lowest BCUT2D eigenvalue weighted by molar-refractivity contribution is 0.102. The summed E-state index contributed by atoms with van der Waals surface area (Å²) in [5, 5.41) is 2.77. The number of nitrogens with one attached hydrogen (secondary N) is 1. The van der Waals surface area contributed by atoms with Crippen molar-refractivity contribution in [3.05, 3.63) is 63.9 Å². The number of amides is 1. The lowest BCUT2D eigenvalue weighted by Gasteiger charge is -2.07. The van der Waals surface area contributed by atoms with Gasteiger partial charge in [0.2, 0.25) is 0 Å². The molecule has 0 aliphatic rings. The van der Waals surface area contributed by atoms with Gasteiger partial charge in [-0.25, -0.2) is 4.39 Å². The van der Waals surface area contributed by atoms with Gasteiger partial charge in [0, 0.05) is 18.4 Å². The van der Waals surface area contributed by atoms with Gasteiger partial charge in [0.25, 0.3) is 5.91 Å². The van der Waals surface area contributed by atoms with Gasteiger partial charge in [-0.1, -0.05) is 12.1 Å². The van der Waals surface area contributed by atoms with Gasteiger partial charge in [-0.3, -0.25) is 4.79 Å². The van der Waals surface area contributed by atoms with Crippen molar-refractivity contribution in [3.63, 3.8) is 0 Å². The second-order valence-electron chi connectivity index (χ2n) is 4.22.